The molecule has 1 N–H and O–H groups in total. The van der Waals surface area contributed by atoms with Gasteiger partial charge >= 0.3 is 0 Å². The highest BCUT2D eigenvalue weighted by molar-refractivity contribution is 5.95. The van der Waals surface area contributed by atoms with E-state index in [1.54, 1.807) is 19.2 Å². The topological polar surface area (TPSA) is 55.2 Å². The second-order valence-electron chi connectivity index (χ2n) is 3.22. The Bertz CT molecular complexity index is 523. The van der Waals surface area contributed by atoms with Gasteiger partial charge in [-0.05, 0) is 5.39 Å². The van der Waals surface area contributed by atoms with E-state index in [-0.39, 0.29) is 10.6 Å². The van der Waals surface area contributed by atoms with Crippen LogP contribution >= 0.6 is 0 Å². The predicted molar refractivity (Wildman–Crippen MR) is 60.1 cm³/mol. The first kappa shape index (κ1) is 9.45. The maximum absolute atomic E-state index is 10.7. The van der Waals surface area contributed by atoms with Crippen molar-refractivity contribution in [3.63, 3.8) is 0 Å². The van der Waals surface area contributed by atoms with Crippen molar-refractivity contribution >= 4 is 22.1 Å². The first-order valence-corrected chi connectivity index (χ1v) is 4.57. The Labute approximate surface area is 86.7 Å². The Morgan fingerprint density at radius 2 is 2.00 bits per heavy atom. The van der Waals surface area contributed by atoms with Crippen molar-refractivity contribution in [3.05, 3.63) is 46.5 Å². The molecule has 0 amide bonds. The second kappa shape index (κ2) is 3.57. The lowest BCUT2D eigenvalue weighted by Gasteiger charge is -2.05. The van der Waals surface area contributed by atoms with Crippen molar-refractivity contribution in [2.75, 3.05) is 12.4 Å². The van der Waals surface area contributed by atoms with E-state index in [2.05, 4.69) is 5.32 Å². The third-order valence-corrected chi connectivity index (χ3v) is 2.33. The molecule has 76 valence electrons. The Hall–Kier alpha value is -2.10. The first-order valence-electron chi connectivity index (χ1n) is 4.57. The molecule has 4 nitrogen and oxygen atoms in total. The monoisotopic (exact) mass is 202 g/mol. The van der Waals surface area contributed by atoms with Crippen molar-refractivity contribution in [2.24, 2.45) is 0 Å². The molecule has 0 aliphatic heterocycles. The maximum atomic E-state index is 10.7. The molecule has 0 heterocycles. The third-order valence-electron chi connectivity index (χ3n) is 2.33. The Morgan fingerprint density at radius 3 is 2.67 bits per heavy atom. The van der Waals surface area contributed by atoms with E-state index in [0.717, 1.165) is 16.5 Å². The molecule has 0 spiro atoms. The first-order chi connectivity index (χ1) is 7.22. The molecule has 2 rings (SSSR count). The SMILES string of the molecule is CNc1cc([N+](=O)[O-])cc2ccccc12. The molecule has 2 aromatic carbocycles. The van der Waals surface area contributed by atoms with Gasteiger partial charge in [0, 0.05) is 30.3 Å². The van der Waals surface area contributed by atoms with E-state index >= 15 is 0 Å². The fraction of sp³-hybridized carbons (Fsp3) is 0.0909. The summed E-state index contributed by atoms with van der Waals surface area (Å²) in [6.07, 6.45) is 0. The zero-order valence-electron chi connectivity index (χ0n) is 8.23. The number of rotatable bonds is 2. The van der Waals surface area contributed by atoms with Crippen LogP contribution in [0.1, 0.15) is 0 Å². The maximum Gasteiger partial charge on any atom is 0.272 e. The highest BCUT2D eigenvalue weighted by atomic mass is 16.6. The van der Waals surface area contributed by atoms with Crippen LogP contribution in [-0.4, -0.2) is 12.0 Å². The molecular weight excluding hydrogens is 192 g/mol. The van der Waals surface area contributed by atoms with E-state index in [4.69, 9.17) is 0 Å². The minimum Gasteiger partial charge on any atom is -0.387 e. The lowest BCUT2D eigenvalue weighted by molar-refractivity contribution is -0.384. The van der Waals surface area contributed by atoms with Gasteiger partial charge in [-0.25, -0.2) is 0 Å². The smallest absolute Gasteiger partial charge is 0.272 e. The van der Waals surface area contributed by atoms with Crippen LogP contribution in [0.2, 0.25) is 0 Å². The van der Waals surface area contributed by atoms with Crippen LogP contribution in [0.25, 0.3) is 10.8 Å². The number of benzene rings is 2. The summed E-state index contributed by atoms with van der Waals surface area (Å²) in [4.78, 5) is 10.3. The molecule has 4 heteroatoms. The highest BCUT2D eigenvalue weighted by Crippen LogP contribution is 2.28. The molecule has 0 saturated carbocycles. The number of nitro benzene ring substituents is 1. The number of nitrogens with one attached hydrogen (secondary N) is 1. The Morgan fingerprint density at radius 1 is 1.27 bits per heavy atom. The van der Waals surface area contributed by atoms with Crippen molar-refractivity contribution in [1.82, 2.24) is 0 Å². The van der Waals surface area contributed by atoms with Gasteiger partial charge in [-0.1, -0.05) is 24.3 Å². The summed E-state index contributed by atoms with van der Waals surface area (Å²) < 4.78 is 0. The number of nitrogens with zero attached hydrogens (tertiary/aromatic N) is 1. The lowest BCUT2D eigenvalue weighted by Crippen LogP contribution is -1.93. The summed E-state index contributed by atoms with van der Waals surface area (Å²) in [7, 11) is 1.76. The zero-order valence-corrected chi connectivity index (χ0v) is 8.23. The minimum absolute atomic E-state index is 0.109. The predicted octanol–water partition coefficient (Wildman–Crippen LogP) is 2.79. The van der Waals surface area contributed by atoms with E-state index in [0.29, 0.717) is 0 Å². The van der Waals surface area contributed by atoms with Crippen molar-refractivity contribution in [1.29, 1.82) is 0 Å². The van der Waals surface area contributed by atoms with Crippen LogP contribution in [0.5, 0.6) is 0 Å². The van der Waals surface area contributed by atoms with Crippen LogP contribution in [0, 0.1) is 10.1 Å². The molecule has 0 fully saturated rings. The zero-order chi connectivity index (χ0) is 10.8. The summed E-state index contributed by atoms with van der Waals surface area (Å²) in [5.41, 5.74) is 0.887. The number of fused-ring (bicyclic) bond motifs is 1. The quantitative estimate of drug-likeness (QED) is 0.601. The van der Waals surface area contributed by atoms with Gasteiger partial charge in [-0.3, -0.25) is 10.1 Å². The Kier molecular flexibility index (Phi) is 2.25. The van der Waals surface area contributed by atoms with Gasteiger partial charge in [0.05, 0.1) is 4.92 Å². The van der Waals surface area contributed by atoms with Gasteiger partial charge in [-0.15, -0.1) is 0 Å². The van der Waals surface area contributed by atoms with Crippen LogP contribution < -0.4 is 5.32 Å². The molecule has 0 unspecified atom stereocenters. The van der Waals surface area contributed by atoms with Crippen molar-refractivity contribution < 1.29 is 4.92 Å². The number of hydrogen-bond acceptors (Lipinski definition) is 3. The van der Waals surface area contributed by atoms with E-state index in [9.17, 15) is 10.1 Å². The van der Waals surface area contributed by atoms with Crippen molar-refractivity contribution in [3.8, 4) is 0 Å². The van der Waals surface area contributed by atoms with Crippen LogP contribution in [-0.2, 0) is 0 Å². The molecule has 0 aromatic heterocycles. The van der Waals surface area contributed by atoms with Gasteiger partial charge in [0.2, 0.25) is 0 Å². The van der Waals surface area contributed by atoms with Gasteiger partial charge in [0.15, 0.2) is 0 Å². The number of nitro groups is 1. The van der Waals surface area contributed by atoms with Gasteiger partial charge in [0.25, 0.3) is 5.69 Å². The molecule has 0 aliphatic rings. The highest BCUT2D eigenvalue weighted by Gasteiger charge is 2.09. The van der Waals surface area contributed by atoms with Gasteiger partial charge in [-0.2, -0.15) is 0 Å². The van der Waals surface area contributed by atoms with Crippen molar-refractivity contribution in [2.45, 2.75) is 0 Å². The molecule has 2 aromatic rings. The lowest BCUT2D eigenvalue weighted by atomic mass is 10.1. The second-order valence-corrected chi connectivity index (χ2v) is 3.22. The number of non-ortho nitro benzene ring substituents is 1. The fourth-order valence-corrected chi connectivity index (χ4v) is 1.61. The average molecular weight is 202 g/mol. The van der Waals surface area contributed by atoms with E-state index in [1.807, 2.05) is 24.3 Å². The summed E-state index contributed by atoms with van der Waals surface area (Å²) in [5, 5.41) is 15.5. The molecular formula is C11H10N2O2. The summed E-state index contributed by atoms with van der Waals surface area (Å²) in [5.74, 6) is 0. The fourth-order valence-electron chi connectivity index (χ4n) is 1.61. The van der Waals surface area contributed by atoms with E-state index in [1.165, 1.54) is 0 Å². The molecule has 0 saturated heterocycles. The number of hydrogen-bond donors (Lipinski definition) is 1. The normalized spacial score (nSPS) is 10.2. The third kappa shape index (κ3) is 1.61. The minimum atomic E-state index is -0.382. The molecule has 0 bridgehead atoms. The average Bonchev–Trinajstić information content (AvgIpc) is 2.27. The van der Waals surface area contributed by atoms with Crippen LogP contribution in [0.15, 0.2) is 36.4 Å². The van der Waals surface area contributed by atoms with E-state index < -0.39 is 0 Å². The van der Waals surface area contributed by atoms with Crippen LogP contribution in [0.3, 0.4) is 0 Å². The van der Waals surface area contributed by atoms with Gasteiger partial charge < -0.3 is 5.32 Å². The largest absolute Gasteiger partial charge is 0.387 e. The molecule has 15 heavy (non-hydrogen) atoms. The Balaban J connectivity index is 2.77. The molecule has 0 atom stereocenters. The summed E-state index contributed by atoms with van der Waals surface area (Å²) >= 11 is 0. The summed E-state index contributed by atoms with van der Waals surface area (Å²) in [6.45, 7) is 0. The van der Waals surface area contributed by atoms with Gasteiger partial charge in [0.1, 0.15) is 0 Å². The van der Waals surface area contributed by atoms with Crippen LogP contribution in [0.4, 0.5) is 11.4 Å². The molecule has 0 aliphatic carbocycles. The standard InChI is InChI=1S/C11H10N2O2/c1-12-11-7-9(13(14)15)6-8-4-2-3-5-10(8)11/h2-7,12H,1H3. The molecule has 0 radical (unpaired) electrons. The number of anilines is 1. The summed E-state index contributed by atoms with van der Waals surface area (Å²) in [6, 6.07) is 10.7.